The van der Waals surface area contributed by atoms with E-state index in [2.05, 4.69) is 109 Å². The molecule has 0 bridgehead atoms. The number of hydrogen-bond donors (Lipinski definition) is 0. The fourth-order valence-corrected chi connectivity index (χ4v) is 8.50. The fourth-order valence-electron chi connectivity index (χ4n) is 8.50. The SMILES string of the molecule is N#Cc1cccc2c(-c3ccc4c5c(ccc(-c6ccc7ccc(-c8nc(-c9ccccc9)nc(-c9ccccc9)n8)cc7c6)c35)-c3ccccc3-4)cccc12. The van der Waals surface area contributed by atoms with Gasteiger partial charge in [0, 0.05) is 22.1 Å². The third-order valence-electron chi connectivity index (χ3n) is 11.1. The van der Waals surface area contributed by atoms with E-state index >= 15 is 0 Å². The number of benzene rings is 9. The molecule has 4 heteroatoms. The zero-order chi connectivity index (χ0) is 37.2. The zero-order valence-corrected chi connectivity index (χ0v) is 30.1. The average molecular weight is 711 g/mol. The number of nitrogens with zero attached hydrogens (tertiary/aromatic N) is 4. The molecule has 11 rings (SSSR count). The smallest absolute Gasteiger partial charge is 0.164 e. The van der Waals surface area contributed by atoms with Gasteiger partial charge in [0.25, 0.3) is 0 Å². The van der Waals surface area contributed by atoms with E-state index in [0.717, 1.165) is 60.5 Å². The predicted octanol–water partition coefficient (Wildman–Crippen LogP) is 13.2. The third kappa shape index (κ3) is 5.03. The van der Waals surface area contributed by atoms with E-state index in [4.69, 9.17) is 15.0 Å². The topological polar surface area (TPSA) is 62.5 Å². The molecule has 0 aliphatic heterocycles. The van der Waals surface area contributed by atoms with E-state index in [1.807, 2.05) is 78.9 Å². The molecule has 1 aliphatic rings. The summed E-state index contributed by atoms with van der Waals surface area (Å²) in [5.41, 5.74) is 13.0. The maximum atomic E-state index is 9.99. The molecule has 10 aromatic rings. The minimum absolute atomic E-state index is 0.628. The minimum atomic E-state index is 0.628. The van der Waals surface area contributed by atoms with Crippen molar-refractivity contribution in [3.05, 3.63) is 188 Å². The Hall–Kier alpha value is -7.74. The molecule has 0 saturated carbocycles. The van der Waals surface area contributed by atoms with Gasteiger partial charge in [-0.15, -0.1) is 0 Å². The van der Waals surface area contributed by atoms with Crippen molar-refractivity contribution >= 4 is 32.3 Å². The van der Waals surface area contributed by atoms with Crippen LogP contribution in [0.2, 0.25) is 0 Å². The van der Waals surface area contributed by atoms with Gasteiger partial charge in [-0.05, 0) is 89.6 Å². The van der Waals surface area contributed by atoms with Crippen LogP contribution in [0, 0.1) is 11.3 Å². The van der Waals surface area contributed by atoms with Crippen LogP contribution in [0.15, 0.2) is 182 Å². The Morgan fingerprint density at radius 1 is 0.321 bits per heavy atom. The van der Waals surface area contributed by atoms with Gasteiger partial charge in [0.1, 0.15) is 0 Å². The highest BCUT2D eigenvalue weighted by Crippen LogP contribution is 2.52. The summed E-state index contributed by atoms with van der Waals surface area (Å²) < 4.78 is 0. The van der Waals surface area contributed by atoms with Crippen molar-refractivity contribution in [1.82, 2.24) is 15.0 Å². The molecule has 258 valence electrons. The first kappa shape index (κ1) is 31.8. The van der Waals surface area contributed by atoms with Gasteiger partial charge in [0.05, 0.1) is 11.6 Å². The van der Waals surface area contributed by atoms with Crippen molar-refractivity contribution in [1.29, 1.82) is 5.26 Å². The van der Waals surface area contributed by atoms with Crippen LogP contribution >= 0.6 is 0 Å². The molecule has 56 heavy (non-hydrogen) atoms. The van der Waals surface area contributed by atoms with Gasteiger partial charge < -0.3 is 0 Å². The molecule has 0 unspecified atom stereocenters. The summed E-state index contributed by atoms with van der Waals surface area (Å²) in [7, 11) is 0. The largest absolute Gasteiger partial charge is 0.208 e. The molecule has 0 fully saturated rings. The molecule has 1 heterocycles. The van der Waals surface area contributed by atoms with Crippen LogP contribution in [0.4, 0.5) is 0 Å². The lowest BCUT2D eigenvalue weighted by atomic mass is 9.86. The molecule has 1 aliphatic carbocycles. The molecule has 0 spiro atoms. The predicted molar refractivity (Wildman–Crippen MR) is 229 cm³/mol. The lowest BCUT2D eigenvalue weighted by Crippen LogP contribution is -2.00. The second kappa shape index (κ2) is 12.7. The molecule has 1 aromatic heterocycles. The maximum absolute atomic E-state index is 9.99. The maximum Gasteiger partial charge on any atom is 0.164 e. The molecule has 4 nitrogen and oxygen atoms in total. The number of hydrogen-bond acceptors (Lipinski definition) is 4. The minimum Gasteiger partial charge on any atom is -0.208 e. The Morgan fingerprint density at radius 3 is 1.45 bits per heavy atom. The second-order valence-electron chi connectivity index (χ2n) is 14.3. The van der Waals surface area contributed by atoms with E-state index in [1.165, 1.54) is 33.0 Å². The molecule has 0 saturated heterocycles. The lowest BCUT2D eigenvalue weighted by Gasteiger charge is -2.17. The Bertz CT molecular complexity index is 3170. The molecule has 9 aromatic carbocycles. The van der Waals surface area contributed by atoms with Gasteiger partial charge in [0.15, 0.2) is 17.5 Å². The standard InChI is InChI=1S/C52H30N4/c53-31-37-15-9-19-41-39(37)18-10-20-44(41)45-27-28-47-43-17-8-7-16-42(43)46-26-25-40(48(45)49(46)47)35-23-21-32-22-24-36(30-38(32)29-35)52-55-50(33-11-3-1-4-12-33)54-51(56-52)34-13-5-2-6-14-34/h1-30H. The average Bonchev–Trinajstić information content (AvgIpc) is 3.60. The first-order chi connectivity index (χ1) is 27.7. The summed E-state index contributed by atoms with van der Waals surface area (Å²) in [5.74, 6) is 1.91. The van der Waals surface area contributed by atoms with Crippen molar-refractivity contribution in [2.75, 3.05) is 0 Å². The van der Waals surface area contributed by atoms with Crippen LogP contribution < -0.4 is 0 Å². The van der Waals surface area contributed by atoms with Crippen molar-refractivity contribution in [2.24, 2.45) is 0 Å². The highest BCUT2D eigenvalue weighted by molar-refractivity contribution is 6.24. The van der Waals surface area contributed by atoms with Crippen molar-refractivity contribution in [3.8, 4) is 84.7 Å². The number of nitriles is 1. The van der Waals surface area contributed by atoms with Crippen LogP contribution in [0.5, 0.6) is 0 Å². The van der Waals surface area contributed by atoms with Crippen molar-refractivity contribution < 1.29 is 0 Å². The Kier molecular flexibility index (Phi) is 7.20. The van der Waals surface area contributed by atoms with E-state index in [9.17, 15) is 5.26 Å². The summed E-state index contributed by atoms with van der Waals surface area (Å²) in [5, 5.41) is 16.7. The van der Waals surface area contributed by atoms with Crippen LogP contribution in [0.3, 0.4) is 0 Å². The summed E-state index contributed by atoms with van der Waals surface area (Å²) in [6, 6.07) is 65.9. The quantitative estimate of drug-likeness (QED) is 0.178. The summed E-state index contributed by atoms with van der Waals surface area (Å²) in [6.45, 7) is 0. The normalized spacial score (nSPS) is 11.6. The van der Waals surface area contributed by atoms with Crippen LogP contribution in [-0.4, -0.2) is 15.0 Å². The summed E-state index contributed by atoms with van der Waals surface area (Å²) >= 11 is 0. The molecule has 0 N–H and O–H groups in total. The van der Waals surface area contributed by atoms with Crippen LogP contribution in [-0.2, 0) is 0 Å². The molecule has 0 atom stereocenters. The van der Waals surface area contributed by atoms with Gasteiger partial charge in [0.2, 0.25) is 0 Å². The fraction of sp³-hybridized carbons (Fsp3) is 0. The number of aromatic nitrogens is 3. The summed E-state index contributed by atoms with van der Waals surface area (Å²) in [6.07, 6.45) is 0. The first-order valence-electron chi connectivity index (χ1n) is 18.7. The van der Waals surface area contributed by atoms with E-state index in [0.29, 0.717) is 23.0 Å². The van der Waals surface area contributed by atoms with E-state index in [-0.39, 0.29) is 0 Å². The van der Waals surface area contributed by atoms with Gasteiger partial charge >= 0.3 is 0 Å². The monoisotopic (exact) mass is 710 g/mol. The summed E-state index contributed by atoms with van der Waals surface area (Å²) in [4.78, 5) is 14.9. The van der Waals surface area contributed by atoms with Gasteiger partial charge in [-0.1, -0.05) is 164 Å². The molecule has 0 radical (unpaired) electrons. The molecule has 0 amide bonds. The molecular formula is C52H30N4. The Balaban J connectivity index is 1.12. The highest BCUT2D eigenvalue weighted by atomic mass is 15.0. The first-order valence-corrected chi connectivity index (χ1v) is 18.7. The van der Waals surface area contributed by atoms with Crippen molar-refractivity contribution in [3.63, 3.8) is 0 Å². The lowest BCUT2D eigenvalue weighted by molar-refractivity contribution is 1.07. The van der Waals surface area contributed by atoms with E-state index in [1.54, 1.807) is 0 Å². The third-order valence-corrected chi connectivity index (χ3v) is 11.1. The van der Waals surface area contributed by atoms with Crippen LogP contribution in [0.1, 0.15) is 5.56 Å². The van der Waals surface area contributed by atoms with Gasteiger partial charge in [-0.25, -0.2) is 15.0 Å². The van der Waals surface area contributed by atoms with E-state index < -0.39 is 0 Å². The Morgan fingerprint density at radius 2 is 0.804 bits per heavy atom. The van der Waals surface area contributed by atoms with Gasteiger partial charge in [-0.2, -0.15) is 5.26 Å². The molecular weight excluding hydrogens is 681 g/mol. The number of fused-ring (bicyclic) bond motifs is 5. The Labute approximate surface area is 323 Å². The van der Waals surface area contributed by atoms with Crippen LogP contribution in [0.25, 0.3) is 111 Å². The van der Waals surface area contributed by atoms with Crippen molar-refractivity contribution in [2.45, 2.75) is 0 Å². The van der Waals surface area contributed by atoms with Gasteiger partial charge in [-0.3, -0.25) is 0 Å². The second-order valence-corrected chi connectivity index (χ2v) is 14.3. The number of rotatable bonds is 5. The zero-order valence-electron chi connectivity index (χ0n) is 30.1. The highest BCUT2D eigenvalue weighted by Gasteiger charge is 2.25.